The fourth-order valence-corrected chi connectivity index (χ4v) is 3.58. The molecule has 0 aliphatic rings. The highest BCUT2D eigenvalue weighted by Crippen LogP contribution is 2.34. The number of rotatable bonds is 6. The lowest BCUT2D eigenvalue weighted by Crippen LogP contribution is -2.10. The third-order valence-electron chi connectivity index (χ3n) is 5.40. The molecule has 174 valence electrons. The lowest BCUT2D eigenvalue weighted by Gasteiger charge is -2.04. The number of aryl methyl sites for hydroxylation is 1. The van der Waals surface area contributed by atoms with Crippen LogP contribution >= 0.6 is 0 Å². The van der Waals surface area contributed by atoms with Crippen LogP contribution in [0.5, 0.6) is 5.75 Å². The average molecular weight is 469 g/mol. The van der Waals surface area contributed by atoms with Gasteiger partial charge in [0, 0.05) is 5.69 Å². The molecule has 5 aromatic rings. The number of ether oxygens (including phenoxy) is 1. The van der Waals surface area contributed by atoms with Crippen molar-refractivity contribution >= 4 is 28.3 Å². The van der Waals surface area contributed by atoms with Gasteiger partial charge in [0.2, 0.25) is 0 Å². The Balaban J connectivity index is 1.37. The van der Waals surface area contributed by atoms with Crippen LogP contribution in [0.4, 0.5) is 11.4 Å². The number of methoxy groups -OCH3 is 1. The molecular weight excluding hydrogens is 450 g/mol. The zero-order valence-electron chi connectivity index (χ0n) is 18.8. The molecule has 0 saturated carbocycles. The first kappa shape index (κ1) is 21.8. The maximum Gasteiger partial charge on any atom is 0.291 e. The van der Waals surface area contributed by atoms with Crippen LogP contribution < -0.4 is 10.1 Å². The molecule has 0 saturated heterocycles. The summed E-state index contributed by atoms with van der Waals surface area (Å²) in [7, 11) is 1.43. The monoisotopic (exact) mass is 469 g/mol. The van der Waals surface area contributed by atoms with Crippen LogP contribution in [0.15, 0.2) is 77.2 Å². The van der Waals surface area contributed by atoms with Crippen LogP contribution in [0, 0.1) is 17.0 Å². The number of carbonyl (C=O) groups excluding carboxylic acids is 1. The first-order chi connectivity index (χ1) is 16.9. The maximum atomic E-state index is 12.8. The van der Waals surface area contributed by atoms with E-state index in [2.05, 4.69) is 15.5 Å². The number of fused-ring (bicyclic) bond motifs is 1. The van der Waals surface area contributed by atoms with Gasteiger partial charge in [0.25, 0.3) is 11.6 Å². The summed E-state index contributed by atoms with van der Waals surface area (Å²) < 4.78 is 10.7. The van der Waals surface area contributed by atoms with E-state index in [1.165, 1.54) is 36.2 Å². The molecule has 2 aromatic heterocycles. The van der Waals surface area contributed by atoms with Crippen molar-refractivity contribution in [3.05, 3.63) is 94.2 Å². The Morgan fingerprint density at radius 2 is 1.77 bits per heavy atom. The second-order valence-electron chi connectivity index (χ2n) is 7.79. The Kier molecular flexibility index (Phi) is 5.46. The summed E-state index contributed by atoms with van der Waals surface area (Å²) in [5.74, 6) is 0.0480. The fraction of sp³-hybridized carbons (Fsp3) is 0.0800. The van der Waals surface area contributed by atoms with Crippen LogP contribution in [0.1, 0.15) is 16.1 Å². The number of carbonyl (C=O) groups is 1. The molecule has 5 rings (SSSR count). The maximum absolute atomic E-state index is 12.8. The lowest BCUT2D eigenvalue weighted by molar-refractivity contribution is -0.384. The van der Waals surface area contributed by atoms with Crippen molar-refractivity contribution in [1.82, 2.24) is 15.0 Å². The number of nitro groups is 1. The summed E-state index contributed by atoms with van der Waals surface area (Å²) in [4.78, 5) is 25.3. The van der Waals surface area contributed by atoms with Crippen molar-refractivity contribution in [3.8, 4) is 22.8 Å². The minimum atomic E-state index is -0.529. The highest BCUT2D eigenvalue weighted by atomic mass is 16.6. The number of hydrogen-bond donors (Lipinski definition) is 1. The largest absolute Gasteiger partial charge is 0.497 e. The van der Waals surface area contributed by atoms with E-state index < -0.39 is 10.8 Å². The van der Waals surface area contributed by atoms with Crippen molar-refractivity contribution in [2.75, 3.05) is 12.4 Å². The van der Waals surface area contributed by atoms with Gasteiger partial charge >= 0.3 is 0 Å². The lowest BCUT2D eigenvalue weighted by atomic mass is 10.1. The van der Waals surface area contributed by atoms with Crippen LogP contribution in [-0.4, -0.2) is 32.9 Å². The second-order valence-corrected chi connectivity index (χ2v) is 7.79. The minimum absolute atomic E-state index is 0.00789. The second kappa shape index (κ2) is 8.75. The molecule has 35 heavy (non-hydrogen) atoms. The van der Waals surface area contributed by atoms with E-state index >= 15 is 0 Å². The molecule has 0 unspecified atom stereocenters. The third kappa shape index (κ3) is 4.32. The van der Waals surface area contributed by atoms with Gasteiger partial charge in [-0.25, -0.2) is 0 Å². The van der Waals surface area contributed by atoms with Crippen molar-refractivity contribution in [3.63, 3.8) is 0 Å². The molecule has 3 aromatic carbocycles. The first-order valence-electron chi connectivity index (χ1n) is 10.6. The van der Waals surface area contributed by atoms with E-state index in [4.69, 9.17) is 9.15 Å². The van der Waals surface area contributed by atoms with E-state index in [9.17, 15) is 14.9 Å². The summed E-state index contributed by atoms with van der Waals surface area (Å²) in [5.41, 5.74) is 3.81. The Morgan fingerprint density at radius 1 is 1.00 bits per heavy atom. The molecule has 0 spiro atoms. The van der Waals surface area contributed by atoms with Gasteiger partial charge in [-0.2, -0.15) is 4.80 Å². The predicted octanol–water partition coefficient (Wildman–Crippen LogP) is 5.16. The van der Waals surface area contributed by atoms with Crippen molar-refractivity contribution in [2.24, 2.45) is 0 Å². The number of benzene rings is 3. The van der Waals surface area contributed by atoms with Gasteiger partial charge in [-0.3, -0.25) is 14.9 Å². The Labute approximate surface area is 198 Å². The van der Waals surface area contributed by atoms with Crippen molar-refractivity contribution in [2.45, 2.75) is 6.92 Å². The van der Waals surface area contributed by atoms with E-state index in [0.29, 0.717) is 22.5 Å². The van der Waals surface area contributed by atoms with Crippen LogP contribution in [0.25, 0.3) is 28.0 Å². The van der Waals surface area contributed by atoms with Crippen LogP contribution in [-0.2, 0) is 0 Å². The van der Waals surface area contributed by atoms with Gasteiger partial charge in [-0.05, 0) is 61.5 Å². The summed E-state index contributed by atoms with van der Waals surface area (Å²) >= 11 is 0. The van der Waals surface area contributed by atoms with Crippen molar-refractivity contribution < 1.29 is 18.9 Å². The van der Waals surface area contributed by atoms with Gasteiger partial charge < -0.3 is 14.5 Å². The summed E-state index contributed by atoms with van der Waals surface area (Å²) in [6, 6.07) is 20.4. The molecule has 0 fully saturated rings. The van der Waals surface area contributed by atoms with Gasteiger partial charge in [0.1, 0.15) is 22.5 Å². The van der Waals surface area contributed by atoms with Crippen molar-refractivity contribution in [1.29, 1.82) is 0 Å². The number of nitrogens with zero attached hydrogens (tertiary/aromatic N) is 4. The summed E-state index contributed by atoms with van der Waals surface area (Å²) in [6.07, 6.45) is 0. The molecule has 2 heterocycles. The third-order valence-corrected chi connectivity index (χ3v) is 5.40. The van der Waals surface area contributed by atoms with Gasteiger partial charge in [-0.1, -0.05) is 17.7 Å². The molecule has 1 amide bonds. The quantitative estimate of drug-likeness (QED) is 0.269. The van der Waals surface area contributed by atoms with E-state index in [0.717, 1.165) is 11.3 Å². The highest BCUT2D eigenvalue weighted by molar-refractivity contribution is 6.03. The Morgan fingerprint density at radius 3 is 2.51 bits per heavy atom. The highest BCUT2D eigenvalue weighted by Gasteiger charge is 2.21. The SMILES string of the molecule is COc1ccc(-c2ccc(C(=O)Nc3ccc4nn(-c5ccc(C)cc5)nc4c3)o2)c([N+](=O)[O-])c1. The summed E-state index contributed by atoms with van der Waals surface area (Å²) in [6.45, 7) is 2.01. The number of furan rings is 1. The van der Waals surface area contributed by atoms with Gasteiger partial charge in [-0.15, -0.1) is 10.2 Å². The van der Waals surface area contributed by atoms with Crippen LogP contribution in [0.3, 0.4) is 0 Å². The molecule has 0 aliphatic heterocycles. The fourth-order valence-electron chi connectivity index (χ4n) is 3.58. The molecule has 10 nitrogen and oxygen atoms in total. The number of amides is 1. The van der Waals surface area contributed by atoms with Crippen LogP contribution in [0.2, 0.25) is 0 Å². The Hall–Kier alpha value is -4.99. The standard InChI is InChI=1S/C25H19N5O5/c1-15-3-6-17(7-4-15)29-27-20-10-5-16(13-21(20)28-29)26-25(31)24-12-11-23(35-24)19-9-8-18(34-2)14-22(19)30(32)33/h3-14H,1-2H3,(H,26,31). The van der Waals surface area contributed by atoms with E-state index in [1.807, 2.05) is 31.2 Å². The molecule has 0 aliphatic carbocycles. The molecule has 1 N–H and O–H groups in total. The molecule has 10 heteroatoms. The van der Waals surface area contributed by atoms with Gasteiger partial charge in [0.05, 0.1) is 29.4 Å². The summed E-state index contributed by atoms with van der Waals surface area (Å²) in [5, 5.41) is 23.2. The Bertz CT molecular complexity index is 1570. The number of aromatic nitrogens is 3. The zero-order valence-corrected chi connectivity index (χ0v) is 18.8. The smallest absolute Gasteiger partial charge is 0.291 e. The average Bonchev–Trinajstić information content (AvgIpc) is 3.51. The molecule has 0 atom stereocenters. The minimum Gasteiger partial charge on any atom is -0.497 e. The number of hydrogen-bond acceptors (Lipinski definition) is 7. The number of anilines is 1. The van der Waals surface area contributed by atoms with Gasteiger partial charge in [0.15, 0.2) is 5.76 Å². The molecular formula is C25H19N5O5. The predicted molar refractivity (Wildman–Crippen MR) is 129 cm³/mol. The topological polar surface area (TPSA) is 125 Å². The first-order valence-corrected chi connectivity index (χ1v) is 10.6. The number of nitrogens with one attached hydrogen (secondary N) is 1. The number of nitro benzene ring substituents is 1. The van der Waals surface area contributed by atoms with E-state index in [-0.39, 0.29) is 22.8 Å². The normalized spacial score (nSPS) is 10.9. The van der Waals surface area contributed by atoms with E-state index in [1.54, 1.807) is 24.3 Å². The zero-order chi connectivity index (χ0) is 24.5. The molecule has 0 bridgehead atoms. The molecule has 0 radical (unpaired) electrons.